The minimum Gasteiger partial charge on any atom is -0.392 e. The molecule has 2 nitrogen and oxygen atoms in total. The molecular formula is C15H24O2. The molecule has 1 aliphatic carbocycles. The van der Waals surface area contributed by atoms with Crippen LogP contribution < -0.4 is 0 Å². The first-order valence-electron chi connectivity index (χ1n) is 6.43. The van der Waals surface area contributed by atoms with Gasteiger partial charge in [0.25, 0.3) is 0 Å². The van der Waals surface area contributed by atoms with Crippen molar-refractivity contribution in [1.29, 1.82) is 0 Å². The van der Waals surface area contributed by atoms with Gasteiger partial charge >= 0.3 is 0 Å². The highest BCUT2D eigenvalue weighted by molar-refractivity contribution is 5.82. The van der Waals surface area contributed by atoms with Gasteiger partial charge in [0.05, 0.1) is 6.10 Å². The number of ketones is 1. The summed E-state index contributed by atoms with van der Waals surface area (Å²) in [5, 5.41) is 10.0. The molecule has 0 aromatic rings. The van der Waals surface area contributed by atoms with E-state index in [1.54, 1.807) is 0 Å². The molecule has 1 aliphatic rings. The fourth-order valence-corrected chi connectivity index (χ4v) is 2.36. The van der Waals surface area contributed by atoms with E-state index < -0.39 is 0 Å². The molecule has 1 rings (SSSR count). The third-order valence-electron chi connectivity index (χ3n) is 3.57. The molecule has 17 heavy (non-hydrogen) atoms. The van der Waals surface area contributed by atoms with Gasteiger partial charge < -0.3 is 5.11 Å². The van der Waals surface area contributed by atoms with Gasteiger partial charge in [-0.1, -0.05) is 30.7 Å². The molecule has 0 saturated heterocycles. The number of aliphatic hydroxyl groups excluding tert-OH is 1. The molecule has 0 aromatic heterocycles. The Morgan fingerprint density at radius 2 is 2.18 bits per heavy atom. The number of carbonyl (C=O) groups excluding carboxylic acids is 1. The minimum atomic E-state index is -0.387. The first-order chi connectivity index (χ1) is 7.91. The molecule has 0 amide bonds. The van der Waals surface area contributed by atoms with Crippen LogP contribution in [0.3, 0.4) is 0 Å². The van der Waals surface area contributed by atoms with Gasteiger partial charge in [0.15, 0.2) is 0 Å². The van der Waals surface area contributed by atoms with Gasteiger partial charge in [0.2, 0.25) is 0 Å². The molecule has 1 N–H and O–H groups in total. The van der Waals surface area contributed by atoms with E-state index in [1.165, 1.54) is 5.57 Å². The molecule has 0 aliphatic heterocycles. The number of rotatable bonds is 4. The Hall–Kier alpha value is -0.890. The lowest BCUT2D eigenvalue weighted by Crippen LogP contribution is -2.35. The van der Waals surface area contributed by atoms with Gasteiger partial charge in [0, 0.05) is 18.3 Å². The Labute approximate surface area is 104 Å². The minimum absolute atomic E-state index is 0.00633. The zero-order valence-electron chi connectivity index (χ0n) is 11.2. The Balaban J connectivity index is 2.51. The fourth-order valence-electron chi connectivity index (χ4n) is 2.36. The fraction of sp³-hybridized carbons (Fsp3) is 0.667. The highest BCUT2D eigenvalue weighted by atomic mass is 16.3. The van der Waals surface area contributed by atoms with Gasteiger partial charge in [-0.2, -0.15) is 0 Å². The lowest BCUT2D eigenvalue weighted by molar-refractivity contribution is -0.128. The van der Waals surface area contributed by atoms with Gasteiger partial charge in [-0.05, 0) is 33.1 Å². The van der Waals surface area contributed by atoms with E-state index in [9.17, 15) is 9.90 Å². The number of allylic oxidation sites excluding steroid dienone is 2. The van der Waals surface area contributed by atoms with Crippen molar-refractivity contribution in [1.82, 2.24) is 0 Å². The second-order valence-corrected chi connectivity index (χ2v) is 5.46. The van der Waals surface area contributed by atoms with Crippen molar-refractivity contribution in [2.75, 3.05) is 0 Å². The van der Waals surface area contributed by atoms with Crippen molar-refractivity contribution in [2.45, 2.75) is 52.6 Å². The Morgan fingerprint density at radius 3 is 2.76 bits per heavy atom. The normalized spacial score (nSPS) is 28.9. The van der Waals surface area contributed by atoms with Crippen LogP contribution in [0.4, 0.5) is 0 Å². The molecule has 1 fully saturated rings. The summed E-state index contributed by atoms with van der Waals surface area (Å²) in [6.45, 7) is 10.1. The van der Waals surface area contributed by atoms with E-state index in [0.29, 0.717) is 12.8 Å². The SMILES string of the molecule is C=C(CCC=C(C)C)[C@H]1CC(=O)[C@H](C)C[C@@H]1O. The number of hydrogen-bond donors (Lipinski definition) is 1. The lowest BCUT2D eigenvalue weighted by Gasteiger charge is -2.31. The maximum atomic E-state index is 11.7. The summed E-state index contributed by atoms with van der Waals surface area (Å²) in [4.78, 5) is 11.7. The third-order valence-corrected chi connectivity index (χ3v) is 3.57. The zero-order valence-corrected chi connectivity index (χ0v) is 11.2. The number of aliphatic hydroxyl groups is 1. The average Bonchev–Trinajstić information content (AvgIpc) is 2.22. The molecule has 1 saturated carbocycles. The highest BCUT2D eigenvalue weighted by Crippen LogP contribution is 2.32. The van der Waals surface area contributed by atoms with Gasteiger partial charge in [0.1, 0.15) is 5.78 Å². The summed E-state index contributed by atoms with van der Waals surface area (Å²) >= 11 is 0. The van der Waals surface area contributed by atoms with E-state index in [-0.39, 0.29) is 23.7 Å². The van der Waals surface area contributed by atoms with Crippen molar-refractivity contribution in [3.05, 3.63) is 23.8 Å². The van der Waals surface area contributed by atoms with Crippen LogP contribution >= 0.6 is 0 Å². The molecule has 0 bridgehead atoms. The first-order valence-corrected chi connectivity index (χ1v) is 6.43. The molecule has 96 valence electrons. The predicted molar refractivity (Wildman–Crippen MR) is 70.7 cm³/mol. The Morgan fingerprint density at radius 1 is 1.53 bits per heavy atom. The molecule has 2 heteroatoms. The second-order valence-electron chi connectivity index (χ2n) is 5.46. The van der Waals surface area contributed by atoms with Crippen LogP contribution in [-0.2, 0) is 4.79 Å². The summed E-state index contributed by atoms with van der Waals surface area (Å²) in [5.41, 5.74) is 2.32. The van der Waals surface area contributed by atoms with Gasteiger partial charge in [-0.3, -0.25) is 4.79 Å². The number of hydrogen-bond acceptors (Lipinski definition) is 2. The highest BCUT2D eigenvalue weighted by Gasteiger charge is 2.33. The maximum Gasteiger partial charge on any atom is 0.136 e. The molecule has 3 atom stereocenters. The summed E-state index contributed by atoms with van der Waals surface area (Å²) in [5.74, 6) is 0.250. The van der Waals surface area contributed by atoms with E-state index >= 15 is 0 Å². The van der Waals surface area contributed by atoms with Crippen LogP contribution in [0.2, 0.25) is 0 Å². The van der Waals surface area contributed by atoms with Crippen LogP contribution in [0.25, 0.3) is 0 Å². The van der Waals surface area contributed by atoms with Crippen LogP contribution in [0.5, 0.6) is 0 Å². The third kappa shape index (κ3) is 4.12. The molecule has 0 spiro atoms. The van der Waals surface area contributed by atoms with Gasteiger partial charge in [-0.25, -0.2) is 0 Å². The average molecular weight is 236 g/mol. The molecule has 0 radical (unpaired) electrons. The van der Waals surface area contributed by atoms with Crippen molar-refractivity contribution < 1.29 is 9.90 Å². The van der Waals surface area contributed by atoms with E-state index in [0.717, 1.165) is 18.4 Å². The number of carbonyl (C=O) groups is 1. The topological polar surface area (TPSA) is 37.3 Å². The zero-order chi connectivity index (χ0) is 13.0. The summed E-state index contributed by atoms with van der Waals surface area (Å²) in [6, 6.07) is 0. The largest absolute Gasteiger partial charge is 0.392 e. The van der Waals surface area contributed by atoms with E-state index in [4.69, 9.17) is 0 Å². The first kappa shape index (κ1) is 14.2. The maximum absolute atomic E-state index is 11.7. The smallest absolute Gasteiger partial charge is 0.136 e. The van der Waals surface area contributed by atoms with Crippen molar-refractivity contribution in [3.8, 4) is 0 Å². The standard InChI is InChI=1S/C15H24O2/c1-10(2)6-5-7-11(3)13-9-14(16)12(4)8-15(13)17/h6,12-13,15,17H,3,5,7-9H2,1-2,4H3/t12-,13-,15+/m1/s1. The predicted octanol–water partition coefficient (Wildman–Crippen LogP) is 3.27. The molecule has 0 unspecified atom stereocenters. The van der Waals surface area contributed by atoms with Crippen LogP contribution in [0.1, 0.15) is 46.5 Å². The Bertz CT molecular complexity index is 324. The van der Waals surface area contributed by atoms with Crippen LogP contribution in [-0.4, -0.2) is 17.0 Å². The van der Waals surface area contributed by atoms with Crippen molar-refractivity contribution in [3.63, 3.8) is 0 Å². The monoisotopic (exact) mass is 236 g/mol. The summed E-state index contributed by atoms with van der Waals surface area (Å²) < 4.78 is 0. The van der Waals surface area contributed by atoms with Gasteiger partial charge in [-0.15, -0.1) is 0 Å². The summed E-state index contributed by atoms with van der Waals surface area (Å²) in [6.07, 6.45) is 4.66. The van der Waals surface area contributed by atoms with Crippen molar-refractivity contribution in [2.24, 2.45) is 11.8 Å². The number of Topliss-reactive ketones (excluding diaryl/α,β-unsaturated/α-hetero) is 1. The Kier molecular flexibility index (Phi) is 5.13. The van der Waals surface area contributed by atoms with Crippen molar-refractivity contribution >= 4 is 5.78 Å². The van der Waals surface area contributed by atoms with Crippen LogP contribution in [0.15, 0.2) is 23.8 Å². The second kappa shape index (κ2) is 6.15. The molecular weight excluding hydrogens is 212 g/mol. The lowest BCUT2D eigenvalue weighted by atomic mass is 9.75. The quantitative estimate of drug-likeness (QED) is 0.761. The van der Waals surface area contributed by atoms with Crippen LogP contribution in [0, 0.1) is 11.8 Å². The van der Waals surface area contributed by atoms with E-state index in [2.05, 4.69) is 26.5 Å². The molecule has 0 aromatic carbocycles. The van der Waals surface area contributed by atoms with E-state index in [1.807, 2.05) is 6.92 Å². The summed E-state index contributed by atoms with van der Waals surface area (Å²) in [7, 11) is 0. The molecule has 0 heterocycles.